The van der Waals surface area contributed by atoms with Crippen molar-refractivity contribution in [2.75, 3.05) is 6.61 Å². The lowest BCUT2D eigenvalue weighted by atomic mass is 9.99. The molecule has 0 amide bonds. The lowest BCUT2D eigenvalue weighted by Gasteiger charge is -2.19. The third kappa shape index (κ3) is 2.69. The number of benzene rings is 1. The van der Waals surface area contributed by atoms with Crippen LogP contribution >= 0.6 is 0 Å². The van der Waals surface area contributed by atoms with Crippen molar-refractivity contribution in [1.82, 2.24) is 4.57 Å². The predicted molar refractivity (Wildman–Crippen MR) is 87.2 cm³/mol. The molecule has 1 heterocycles. The average Bonchev–Trinajstić information content (AvgIpc) is 2.49. The van der Waals surface area contributed by atoms with Crippen molar-refractivity contribution in [3.8, 4) is 11.1 Å². The summed E-state index contributed by atoms with van der Waals surface area (Å²) in [5, 5.41) is 0. The molecule has 0 fully saturated rings. The summed E-state index contributed by atoms with van der Waals surface area (Å²) in [6.07, 6.45) is 0. The third-order valence-corrected chi connectivity index (χ3v) is 3.85. The SMILES string of the molecule is CCOC(=O)c1c(C)n(CC)c(C)c(-c2ccccc2)c1=O. The fourth-order valence-corrected chi connectivity index (χ4v) is 2.84. The molecule has 2 aromatic rings. The maximum absolute atomic E-state index is 12.9. The van der Waals surface area contributed by atoms with Crippen molar-refractivity contribution in [2.45, 2.75) is 34.2 Å². The van der Waals surface area contributed by atoms with E-state index in [9.17, 15) is 9.59 Å². The predicted octanol–water partition coefficient (Wildman–Crippen LogP) is 3.33. The van der Waals surface area contributed by atoms with Crippen LogP contribution in [0.2, 0.25) is 0 Å². The Hall–Kier alpha value is -2.36. The second-order valence-corrected chi connectivity index (χ2v) is 5.08. The van der Waals surface area contributed by atoms with Crippen molar-refractivity contribution in [3.63, 3.8) is 0 Å². The number of ether oxygens (including phenoxy) is 1. The first-order valence-corrected chi connectivity index (χ1v) is 7.49. The van der Waals surface area contributed by atoms with Gasteiger partial charge in [0.2, 0.25) is 5.43 Å². The number of hydrogen-bond acceptors (Lipinski definition) is 3. The summed E-state index contributed by atoms with van der Waals surface area (Å²) < 4.78 is 7.05. The van der Waals surface area contributed by atoms with Gasteiger partial charge in [0.1, 0.15) is 5.56 Å². The summed E-state index contributed by atoms with van der Waals surface area (Å²) in [6.45, 7) is 8.36. The highest BCUT2D eigenvalue weighted by Gasteiger charge is 2.23. The maximum Gasteiger partial charge on any atom is 0.343 e. The molecule has 0 aliphatic carbocycles. The highest BCUT2D eigenvalue weighted by molar-refractivity contribution is 5.92. The van der Waals surface area contributed by atoms with Crippen LogP contribution in [0.3, 0.4) is 0 Å². The molecular formula is C18H21NO3. The summed E-state index contributed by atoms with van der Waals surface area (Å²) in [7, 11) is 0. The van der Waals surface area contributed by atoms with Crippen molar-refractivity contribution in [3.05, 3.63) is 57.5 Å². The van der Waals surface area contributed by atoms with E-state index in [2.05, 4.69) is 0 Å². The Morgan fingerprint density at radius 3 is 2.27 bits per heavy atom. The Balaban J connectivity index is 2.82. The Morgan fingerprint density at radius 1 is 1.09 bits per heavy atom. The van der Waals surface area contributed by atoms with Gasteiger partial charge in [-0.2, -0.15) is 0 Å². The van der Waals surface area contributed by atoms with Crippen LogP contribution in [0.5, 0.6) is 0 Å². The molecule has 22 heavy (non-hydrogen) atoms. The van der Waals surface area contributed by atoms with Gasteiger partial charge in [0.15, 0.2) is 0 Å². The zero-order chi connectivity index (χ0) is 16.3. The largest absolute Gasteiger partial charge is 0.462 e. The van der Waals surface area contributed by atoms with Gasteiger partial charge in [-0.3, -0.25) is 4.79 Å². The second-order valence-electron chi connectivity index (χ2n) is 5.08. The van der Waals surface area contributed by atoms with Gasteiger partial charge in [-0.1, -0.05) is 30.3 Å². The van der Waals surface area contributed by atoms with Crippen LogP contribution < -0.4 is 5.43 Å². The first kappa shape index (κ1) is 16.0. The van der Waals surface area contributed by atoms with Crippen LogP contribution in [-0.4, -0.2) is 17.1 Å². The van der Waals surface area contributed by atoms with Crippen LogP contribution in [0, 0.1) is 13.8 Å². The molecule has 0 aliphatic rings. The maximum atomic E-state index is 12.9. The van der Waals surface area contributed by atoms with Gasteiger partial charge in [-0.05, 0) is 33.3 Å². The number of aromatic nitrogens is 1. The molecule has 2 rings (SSSR count). The van der Waals surface area contributed by atoms with E-state index >= 15 is 0 Å². The van der Waals surface area contributed by atoms with Gasteiger partial charge in [0, 0.05) is 23.5 Å². The Labute approximate surface area is 130 Å². The molecule has 0 aliphatic heterocycles. The average molecular weight is 299 g/mol. The topological polar surface area (TPSA) is 48.3 Å². The van der Waals surface area contributed by atoms with Crippen molar-refractivity contribution < 1.29 is 9.53 Å². The Bertz CT molecular complexity index is 745. The van der Waals surface area contributed by atoms with E-state index in [4.69, 9.17) is 4.74 Å². The van der Waals surface area contributed by atoms with Gasteiger partial charge in [-0.25, -0.2) is 4.79 Å². The van der Waals surface area contributed by atoms with Crippen LogP contribution in [0.25, 0.3) is 11.1 Å². The lowest BCUT2D eigenvalue weighted by molar-refractivity contribution is 0.0523. The van der Waals surface area contributed by atoms with Crippen molar-refractivity contribution >= 4 is 5.97 Å². The van der Waals surface area contributed by atoms with E-state index < -0.39 is 5.97 Å². The molecule has 0 spiro atoms. The normalized spacial score (nSPS) is 10.5. The van der Waals surface area contributed by atoms with Gasteiger partial charge in [-0.15, -0.1) is 0 Å². The smallest absolute Gasteiger partial charge is 0.343 e. The first-order chi connectivity index (χ1) is 10.5. The molecular weight excluding hydrogens is 278 g/mol. The molecule has 1 aromatic carbocycles. The number of pyridine rings is 1. The molecule has 0 radical (unpaired) electrons. The van der Waals surface area contributed by atoms with E-state index in [-0.39, 0.29) is 17.6 Å². The molecule has 0 saturated heterocycles. The van der Waals surface area contributed by atoms with Gasteiger partial charge < -0.3 is 9.30 Å². The van der Waals surface area contributed by atoms with Crippen LogP contribution in [0.15, 0.2) is 35.1 Å². The Morgan fingerprint density at radius 2 is 1.73 bits per heavy atom. The highest BCUT2D eigenvalue weighted by atomic mass is 16.5. The number of hydrogen-bond donors (Lipinski definition) is 0. The van der Waals surface area contributed by atoms with Crippen molar-refractivity contribution in [2.24, 2.45) is 0 Å². The zero-order valence-corrected chi connectivity index (χ0v) is 13.5. The molecule has 0 atom stereocenters. The van der Waals surface area contributed by atoms with E-state index in [0.717, 1.165) is 11.3 Å². The fourth-order valence-electron chi connectivity index (χ4n) is 2.84. The summed E-state index contributed by atoms with van der Waals surface area (Å²) in [5.41, 5.74) is 2.78. The number of esters is 1. The van der Waals surface area contributed by atoms with E-state index in [1.807, 2.05) is 48.7 Å². The summed E-state index contributed by atoms with van der Waals surface area (Å²) in [4.78, 5) is 25.1. The minimum Gasteiger partial charge on any atom is -0.462 e. The van der Waals surface area contributed by atoms with E-state index in [1.165, 1.54) is 0 Å². The summed E-state index contributed by atoms with van der Waals surface area (Å²) >= 11 is 0. The summed E-state index contributed by atoms with van der Waals surface area (Å²) in [5.74, 6) is -0.551. The molecule has 4 heteroatoms. The number of rotatable bonds is 4. The Kier molecular flexibility index (Phi) is 4.81. The minimum atomic E-state index is -0.551. The molecule has 116 valence electrons. The monoisotopic (exact) mass is 299 g/mol. The minimum absolute atomic E-state index is 0.133. The van der Waals surface area contributed by atoms with E-state index in [0.29, 0.717) is 17.8 Å². The highest BCUT2D eigenvalue weighted by Crippen LogP contribution is 2.22. The number of carbonyl (C=O) groups is 1. The van der Waals surface area contributed by atoms with E-state index in [1.54, 1.807) is 13.8 Å². The van der Waals surface area contributed by atoms with Gasteiger partial charge in [0.25, 0.3) is 0 Å². The zero-order valence-electron chi connectivity index (χ0n) is 13.5. The third-order valence-electron chi connectivity index (χ3n) is 3.85. The second kappa shape index (κ2) is 6.60. The lowest BCUT2D eigenvalue weighted by Crippen LogP contribution is -2.26. The quantitative estimate of drug-likeness (QED) is 0.814. The molecule has 0 saturated carbocycles. The summed E-state index contributed by atoms with van der Waals surface area (Å²) in [6, 6.07) is 9.43. The number of carbonyl (C=O) groups excluding carboxylic acids is 1. The fraction of sp³-hybridized carbons (Fsp3) is 0.333. The standard InChI is InChI=1S/C18H21NO3/c1-5-19-12(3)15(14-10-8-7-9-11-14)17(20)16(13(19)4)18(21)22-6-2/h7-11H,5-6H2,1-4H3. The molecule has 0 unspecified atom stereocenters. The molecule has 1 aromatic heterocycles. The van der Waals surface area contributed by atoms with Gasteiger partial charge >= 0.3 is 5.97 Å². The van der Waals surface area contributed by atoms with Crippen LogP contribution in [0.4, 0.5) is 0 Å². The molecule has 4 nitrogen and oxygen atoms in total. The van der Waals surface area contributed by atoms with Gasteiger partial charge in [0.05, 0.1) is 6.61 Å². The van der Waals surface area contributed by atoms with Crippen LogP contribution in [0.1, 0.15) is 35.6 Å². The first-order valence-electron chi connectivity index (χ1n) is 7.49. The number of nitrogens with zero attached hydrogens (tertiary/aromatic N) is 1. The molecule has 0 bridgehead atoms. The molecule has 0 N–H and O–H groups in total. The van der Waals surface area contributed by atoms with Crippen molar-refractivity contribution in [1.29, 1.82) is 0 Å². The van der Waals surface area contributed by atoms with Crippen LogP contribution in [-0.2, 0) is 11.3 Å².